The fourth-order valence-electron chi connectivity index (χ4n) is 14.7. The highest BCUT2D eigenvalue weighted by molar-refractivity contribution is 5.79. The molecule has 0 aromatic heterocycles. The third kappa shape index (κ3) is 7.85. The molecule has 8 aliphatic rings. The number of hydrogen-bond acceptors (Lipinski definition) is 17. The van der Waals surface area contributed by atoms with Crippen LogP contribution in [0.15, 0.2) is 11.6 Å². The summed E-state index contributed by atoms with van der Waals surface area (Å²) in [7, 11) is 0. The van der Waals surface area contributed by atoms with Crippen LogP contribution in [0, 0.1) is 50.7 Å². The number of carbonyl (C=O) groups excluding carboxylic acids is 1. The zero-order chi connectivity index (χ0) is 46.6. The number of fused-ring (bicyclic) bond motifs is 7. The van der Waals surface area contributed by atoms with Gasteiger partial charge in [0.05, 0.1) is 30.8 Å². The molecule has 64 heavy (non-hydrogen) atoms. The summed E-state index contributed by atoms with van der Waals surface area (Å²) in [5.74, 6) is 0.916. The smallest absolute Gasteiger partial charge is 0.315 e. The summed E-state index contributed by atoms with van der Waals surface area (Å²) in [4.78, 5) is 15.0. The van der Waals surface area contributed by atoms with Crippen molar-refractivity contribution in [2.45, 2.75) is 211 Å². The summed E-state index contributed by atoms with van der Waals surface area (Å²) in [6.07, 6.45) is -13.5. The highest BCUT2D eigenvalue weighted by Crippen LogP contribution is 2.72. The fraction of sp³-hybridized carbons (Fsp3) is 0.936. The van der Waals surface area contributed by atoms with E-state index in [1.165, 1.54) is 12.5 Å². The first-order valence-electron chi connectivity index (χ1n) is 23.8. The Kier molecular flexibility index (Phi) is 13.4. The van der Waals surface area contributed by atoms with E-state index in [9.17, 15) is 55.9 Å². The van der Waals surface area contributed by atoms with E-state index in [4.69, 9.17) is 28.4 Å². The van der Waals surface area contributed by atoms with Gasteiger partial charge in [0.2, 0.25) is 6.29 Å². The summed E-state index contributed by atoms with van der Waals surface area (Å²) in [5, 5.41) is 107. The minimum Gasteiger partial charge on any atom is -0.432 e. The van der Waals surface area contributed by atoms with Gasteiger partial charge in [-0.2, -0.15) is 0 Å². The largest absolute Gasteiger partial charge is 0.432 e. The normalized spacial score (nSPS) is 53.4. The SMILES string of the molecule is C[C@@H]1O[C@@H](O[C@H]2[C@H](O)[C@@H](O)[C@H](OC[C@H]3O[C@@H](OC(=O)[C@@]45CC=C6C(CCC7[C@H]6CCC6C(C)(C)[C@@H](O)CC[C@]76C)[C@]4(C)CC(C)(C)CC5)[C@H](O)[C@@H](O)[C@@H]3O)O[C@@H]2CO)[C@H](O)[C@H](O)[C@H]1O. The molecule has 0 amide bonds. The Hall–Kier alpha value is -1.39. The standard InChI is InChI=1S/C47H76O17/c1-21-30(50)32(52)35(55)40(60-21)63-38-26(18-48)61-39(37(57)34(38)54)59-19-27-31(51)33(53)36(56)41(62-27)64-42(58)47-15-12-23-22-8-11-28-44(4,5)29(49)13-14-45(28,6)24(22)9-10-25(23)46(47,7)20-43(2,3)16-17-47/h12,21-22,24-41,48-57H,8-11,13-20H2,1-7H3/t21-,22-,24?,25?,26+,27+,28?,29-,30-,31+,32+,33-,34+,35+,36+,37+,38+,39+,40-,41-,45+,46-,47-/m0/s1. The molecular formula is C47H76O17. The van der Waals surface area contributed by atoms with Crippen LogP contribution in [0.4, 0.5) is 0 Å². The molecule has 366 valence electrons. The van der Waals surface area contributed by atoms with Crippen molar-refractivity contribution in [3.8, 4) is 0 Å². The van der Waals surface area contributed by atoms with E-state index in [1.54, 1.807) is 0 Å². The van der Waals surface area contributed by atoms with Crippen molar-refractivity contribution in [2.75, 3.05) is 13.2 Å². The Bertz CT molecular complexity index is 1720. The van der Waals surface area contributed by atoms with Crippen molar-refractivity contribution in [3.63, 3.8) is 0 Å². The van der Waals surface area contributed by atoms with Gasteiger partial charge >= 0.3 is 5.97 Å². The highest BCUT2D eigenvalue weighted by atomic mass is 16.8. The predicted molar refractivity (Wildman–Crippen MR) is 224 cm³/mol. The van der Waals surface area contributed by atoms with E-state index in [0.717, 1.165) is 51.4 Å². The Labute approximate surface area is 376 Å². The monoisotopic (exact) mass is 913 g/mol. The molecule has 0 aromatic rings. The van der Waals surface area contributed by atoms with Crippen LogP contribution >= 0.6 is 0 Å². The second kappa shape index (κ2) is 17.5. The van der Waals surface area contributed by atoms with Crippen molar-refractivity contribution in [1.29, 1.82) is 0 Å². The molecule has 0 bridgehead atoms. The molecule has 8 rings (SSSR count). The highest BCUT2D eigenvalue weighted by Gasteiger charge is 2.67. The summed E-state index contributed by atoms with van der Waals surface area (Å²) in [5.41, 5.74) is -0.0911. The minimum absolute atomic E-state index is 0.0510. The Morgan fingerprint density at radius 2 is 1.36 bits per heavy atom. The van der Waals surface area contributed by atoms with Gasteiger partial charge in [-0.1, -0.05) is 53.2 Å². The number of aliphatic hydroxyl groups is 10. The molecule has 23 atom stereocenters. The van der Waals surface area contributed by atoms with Crippen LogP contribution in [0.1, 0.15) is 113 Å². The maximum absolute atomic E-state index is 15.0. The van der Waals surface area contributed by atoms with E-state index >= 15 is 0 Å². The van der Waals surface area contributed by atoms with Gasteiger partial charge in [-0.3, -0.25) is 4.79 Å². The average molecular weight is 913 g/mol. The molecular weight excluding hydrogens is 837 g/mol. The van der Waals surface area contributed by atoms with Gasteiger partial charge in [-0.15, -0.1) is 0 Å². The molecule has 10 N–H and O–H groups in total. The molecule has 17 nitrogen and oxygen atoms in total. The minimum atomic E-state index is -1.83. The number of aliphatic hydroxyl groups excluding tert-OH is 10. The van der Waals surface area contributed by atoms with E-state index in [-0.39, 0.29) is 28.3 Å². The van der Waals surface area contributed by atoms with Crippen molar-refractivity contribution in [3.05, 3.63) is 11.6 Å². The van der Waals surface area contributed by atoms with Crippen LogP contribution < -0.4 is 0 Å². The first-order chi connectivity index (χ1) is 29.9. The van der Waals surface area contributed by atoms with Crippen LogP contribution in [-0.2, 0) is 33.2 Å². The van der Waals surface area contributed by atoms with Gasteiger partial charge in [0.15, 0.2) is 12.6 Å². The lowest BCUT2D eigenvalue weighted by atomic mass is 9.38. The molecule has 3 heterocycles. The van der Waals surface area contributed by atoms with Gasteiger partial charge in [0, 0.05) is 0 Å². The van der Waals surface area contributed by atoms with Crippen LogP contribution in [0.3, 0.4) is 0 Å². The Morgan fingerprint density at radius 1 is 0.703 bits per heavy atom. The van der Waals surface area contributed by atoms with Gasteiger partial charge < -0.3 is 79.5 Å². The average Bonchev–Trinajstić information content (AvgIpc) is 3.24. The number of rotatable bonds is 8. The summed E-state index contributed by atoms with van der Waals surface area (Å²) >= 11 is 0. The summed E-state index contributed by atoms with van der Waals surface area (Å²) in [6, 6.07) is 0. The second-order valence-corrected chi connectivity index (χ2v) is 22.8. The van der Waals surface area contributed by atoms with Gasteiger partial charge in [-0.25, -0.2) is 0 Å². The van der Waals surface area contributed by atoms with Gasteiger partial charge in [0.1, 0.15) is 67.1 Å². The number of ether oxygens (including phenoxy) is 6. The maximum atomic E-state index is 15.0. The summed E-state index contributed by atoms with van der Waals surface area (Å²) in [6.45, 7) is 13.8. The predicted octanol–water partition coefficient (Wildman–Crippen LogP) is 0.778. The van der Waals surface area contributed by atoms with Crippen LogP contribution in [0.25, 0.3) is 0 Å². The third-order valence-corrected chi connectivity index (χ3v) is 18.5. The quantitative estimate of drug-likeness (QED) is 0.119. The Balaban J connectivity index is 0.965. The second-order valence-electron chi connectivity index (χ2n) is 22.8. The number of esters is 1. The van der Waals surface area contributed by atoms with Crippen LogP contribution in [0.2, 0.25) is 0 Å². The van der Waals surface area contributed by atoms with Crippen molar-refractivity contribution < 1.29 is 84.3 Å². The zero-order valence-electron chi connectivity index (χ0n) is 38.4. The first kappa shape index (κ1) is 49.0. The molecule has 5 aliphatic carbocycles. The first-order valence-corrected chi connectivity index (χ1v) is 23.8. The fourth-order valence-corrected chi connectivity index (χ4v) is 14.7. The molecule has 0 radical (unpaired) electrons. The maximum Gasteiger partial charge on any atom is 0.315 e. The molecule has 17 heteroatoms. The van der Waals surface area contributed by atoms with Crippen LogP contribution in [0.5, 0.6) is 0 Å². The Morgan fingerprint density at radius 3 is 2.06 bits per heavy atom. The van der Waals surface area contributed by atoms with Crippen molar-refractivity contribution in [2.24, 2.45) is 50.7 Å². The molecule has 0 aromatic carbocycles. The molecule has 4 saturated carbocycles. The topological polar surface area (TPSA) is 275 Å². The third-order valence-electron chi connectivity index (χ3n) is 18.5. The molecule has 7 fully saturated rings. The lowest BCUT2D eigenvalue weighted by molar-refractivity contribution is -0.361. The molecule has 3 saturated heterocycles. The number of carbonyl (C=O) groups is 1. The van der Waals surface area contributed by atoms with E-state index in [1.807, 2.05) is 0 Å². The van der Waals surface area contributed by atoms with Gasteiger partial charge in [-0.05, 0) is 116 Å². The zero-order valence-corrected chi connectivity index (χ0v) is 38.4. The lowest BCUT2D eigenvalue weighted by Crippen LogP contribution is -2.65. The van der Waals surface area contributed by atoms with Crippen molar-refractivity contribution >= 4 is 5.97 Å². The van der Waals surface area contributed by atoms with Crippen LogP contribution in [-0.4, -0.2) is 168 Å². The molecule has 3 aliphatic heterocycles. The van der Waals surface area contributed by atoms with Crippen molar-refractivity contribution in [1.82, 2.24) is 0 Å². The van der Waals surface area contributed by atoms with E-state index in [2.05, 4.69) is 47.6 Å². The lowest BCUT2D eigenvalue weighted by Gasteiger charge is -2.66. The van der Waals surface area contributed by atoms with E-state index in [0.29, 0.717) is 30.6 Å². The number of hydrogen-bond donors (Lipinski definition) is 10. The molecule has 0 spiro atoms. The molecule has 3 unspecified atom stereocenters. The summed E-state index contributed by atoms with van der Waals surface area (Å²) < 4.78 is 34.8. The van der Waals surface area contributed by atoms with Gasteiger partial charge in [0.25, 0.3) is 0 Å². The number of allylic oxidation sites excluding steroid dienone is 2. The van der Waals surface area contributed by atoms with E-state index < -0.39 is 122 Å².